The Balaban J connectivity index is 1.59. The van der Waals surface area contributed by atoms with Gasteiger partial charge in [-0.3, -0.25) is 5.43 Å². The van der Waals surface area contributed by atoms with Gasteiger partial charge in [0.15, 0.2) is 12.2 Å². The number of rotatable bonds is 6. The van der Waals surface area contributed by atoms with E-state index < -0.39 is 0 Å². The van der Waals surface area contributed by atoms with E-state index in [0.717, 1.165) is 29.1 Å². The van der Waals surface area contributed by atoms with Crippen molar-refractivity contribution in [2.24, 2.45) is 5.10 Å². The Morgan fingerprint density at radius 3 is 2.52 bits per heavy atom. The summed E-state index contributed by atoms with van der Waals surface area (Å²) in [5.41, 5.74) is 7.22. The molecule has 0 saturated heterocycles. The molecule has 1 aromatic heterocycles. The third-order valence-electron chi connectivity index (χ3n) is 3.37. The van der Waals surface area contributed by atoms with Crippen LogP contribution in [0, 0.1) is 0 Å². The van der Waals surface area contributed by atoms with Gasteiger partial charge in [0.1, 0.15) is 0 Å². The number of benzene rings is 2. The number of hydrogen-bond acceptors (Lipinski definition) is 5. The highest BCUT2D eigenvalue weighted by Crippen LogP contribution is 2.20. The summed E-state index contributed by atoms with van der Waals surface area (Å²) in [6, 6.07) is 16.1. The molecular weight excluding hydrogens is 288 g/mol. The number of hydrazone groups is 1. The summed E-state index contributed by atoms with van der Waals surface area (Å²) in [5.74, 6) is 0.752. The summed E-state index contributed by atoms with van der Waals surface area (Å²) in [6.07, 6.45) is 4.92. The lowest BCUT2D eigenvalue weighted by Crippen LogP contribution is -2.04. The topological polar surface area (TPSA) is 62.5 Å². The summed E-state index contributed by atoms with van der Waals surface area (Å²) in [5, 5.41) is 7.38. The largest absolute Gasteiger partial charge is 0.444 e. The summed E-state index contributed by atoms with van der Waals surface area (Å²) in [6.45, 7) is 0.868. The number of aromatic nitrogens is 1. The molecule has 3 rings (SSSR count). The van der Waals surface area contributed by atoms with Gasteiger partial charge in [-0.15, -0.1) is 0 Å². The minimum absolute atomic E-state index is 0.752. The average molecular weight is 306 g/mol. The summed E-state index contributed by atoms with van der Waals surface area (Å²) in [4.78, 5) is 3.91. The normalized spacial score (nSPS) is 11.0. The van der Waals surface area contributed by atoms with Gasteiger partial charge in [-0.25, -0.2) is 4.98 Å². The van der Waals surface area contributed by atoms with Crippen LogP contribution in [0.3, 0.4) is 0 Å². The number of nitrogens with zero attached hydrogens (tertiary/aromatic N) is 2. The molecule has 2 N–H and O–H groups in total. The van der Waals surface area contributed by atoms with Gasteiger partial charge in [-0.05, 0) is 42.4 Å². The van der Waals surface area contributed by atoms with Crippen LogP contribution in [0.5, 0.6) is 0 Å². The summed E-state index contributed by atoms with van der Waals surface area (Å²) >= 11 is 0. The van der Waals surface area contributed by atoms with Gasteiger partial charge in [-0.2, -0.15) is 5.10 Å². The molecule has 116 valence electrons. The maximum absolute atomic E-state index is 5.26. The lowest BCUT2D eigenvalue weighted by atomic mass is 10.1. The van der Waals surface area contributed by atoms with Crippen LogP contribution in [-0.2, 0) is 6.54 Å². The van der Waals surface area contributed by atoms with Crippen molar-refractivity contribution in [1.82, 2.24) is 10.3 Å². The number of anilines is 1. The van der Waals surface area contributed by atoms with Crippen molar-refractivity contribution in [3.05, 3.63) is 72.2 Å². The highest BCUT2D eigenvalue weighted by atomic mass is 16.3. The molecule has 0 radical (unpaired) electrons. The minimum atomic E-state index is 0.752. The van der Waals surface area contributed by atoms with Crippen LogP contribution < -0.4 is 10.7 Å². The summed E-state index contributed by atoms with van der Waals surface area (Å²) < 4.78 is 5.26. The molecule has 0 fully saturated rings. The van der Waals surface area contributed by atoms with Crippen LogP contribution in [0.15, 0.2) is 70.6 Å². The minimum Gasteiger partial charge on any atom is -0.444 e. The second-order valence-electron chi connectivity index (χ2n) is 5.08. The molecule has 1 heterocycles. The average Bonchev–Trinajstić information content (AvgIpc) is 3.12. The highest BCUT2D eigenvalue weighted by molar-refractivity contribution is 5.80. The molecule has 0 saturated carbocycles. The lowest BCUT2D eigenvalue weighted by Gasteiger charge is -2.02. The predicted molar refractivity (Wildman–Crippen MR) is 92.4 cm³/mol. The van der Waals surface area contributed by atoms with Crippen LogP contribution in [0.25, 0.3) is 11.3 Å². The number of nitrogens with one attached hydrogen (secondary N) is 2. The first-order valence-electron chi connectivity index (χ1n) is 7.37. The molecule has 0 atom stereocenters. The highest BCUT2D eigenvalue weighted by Gasteiger charge is 2.00. The molecule has 23 heavy (non-hydrogen) atoms. The van der Waals surface area contributed by atoms with Gasteiger partial charge < -0.3 is 9.73 Å². The van der Waals surface area contributed by atoms with E-state index in [1.54, 1.807) is 12.4 Å². The second kappa shape index (κ2) is 7.38. The van der Waals surface area contributed by atoms with E-state index in [9.17, 15) is 0 Å². The Kier molecular flexibility index (Phi) is 4.81. The van der Waals surface area contributed by atoms with Crippen LogP contribution in [0.1, 0.15) is 11.1 Å². The van der Waals surface area contributed by atoms with E-state index in [4.69, 9.17) is 4.42 Å². The fourth-order valence-electron chi connectivity index (χ4n) is 2.17. The van der Waals surface area contributed by atoms with Gasteiger partial charge in [0.05, 0.1) is 18.1 Å². The third kappa shape index (κ3) is 4.05. The Morgan fingerprint density at radius 2 is 1.87 bits per heavy atom. The van der Waals surface area contributed by atoms with E-state index in [1.807, 2.05) is 43.4 Å². The smallest absolute Gasteiger partial charge is 0.181 e. The zero-order chi connectivity index (χ0) is 15.9. The second-order valence-corrected chi connectivity index (χ2v) is 5.08. The van der Waals surface area contributed by atoms with E-state index in [-0.39, 0.29) is 0 Å². The van der Waals surface area contributed by atoms with Crippen molar-refractivity contribution in [3.63, 3.8) is 0 Å². The van der Waals surface area contributed by atoms with Gasteiger partial charge in [-0.1, -0.05) is 24.3 Å². The molecule has 5 nitrogen and oxygen atoms in total. The molecule has 3 aromatic rings. The quantitative estimate of drug-likeness (QED) is 0.540. The lowest BCUT2D eigenvalue weighted by molar-refractivity contribution is 0.572. The number of oxazole rings is 1. The Morgan fingerprint density at radius 1 is 1.09 bits per heavy atom. The first-order chi connectivity index (χ1) is 11.3. The van der Waals surface area contributed by atoms with Crippen LogP contribution >= 0.6 is 0 Å². The van der Waals surface area contributed by atoms with E-state index in [2.05, 4.69) is 33.0 Å². The monoisotopic (exact) mass is 306 g/mol. The predicted octanol–water partition coefficient (Wildman–Crippen LogP) is 3.51. The first-order valence-corrected chi connectivity index (χ1v) is 7.37. The van der Waals surface area contributed by atoms with E-state index in [0.29, 0.717) is 0 Å². The van der Waals surface area contributed by atoms with Crippen molar-refractivity contribution >= 4 is 11.9 Å². The molecule has 0 unspecified atom stereocenters. The van der Waals surface area contributed by atoms with Crippen LogP contribution in [0.2, 0.25) is 0 Å². The molecule has 5 heteroatoms. The maximum atomic E-state index is 5.26. The summed E-state index contributed by atoms with van der Waals surface area (Å²) in [7, 11) is 1.94. The molecule has 0 bridgehead atoms. The first kappa shape index (κ1) is 15.0. The van der Waals surface area contributed by atoms with Crippen LogP contribution in [-0.4, -0.2) is 18.2 Å². The van der Waals surface area contributed by atoms with Gasteiger partial charge in [0.2, 0.25) is 0 Å². The van der Waals surface area contributed by atoms with Crippen molar-refractivity contribution in [2.45, 2.75) is 6.54 Å². The zero-order valence-corrected chi connectivity index (χ0v) is 12.9. The van der Waals surface area contributed by atoms with Gasteiger partial charge in [0, 0.05) is 12.1 Å². The molecule has 0 aliphatic carbocycles. The fourth-order valence-corrected chi connectivity index (χ4v) is 2.17. The van der Waals surface area contributed by atoms with E-state index >= 15 is 0 Å². The molecule has 2 aromatic carbocycles. The Hall–Kier alpha value is -2.92. The molecule has 0 aliphatic rings. The zero-order valence-electron chi connectivity index (χ0n) is 12.9. The maximum Gasteiger partial charge on any atom is 0.181 e. The van der Waals surface area contributed by atoms with E-state index in [1.165, 1.54) is 12.0 Å². The molecular formula is C18H18N4O. The molecule has 0 spiro atoms. The van der Waals surface area contributed by atoms with Crippen molar-refractivity contribution in [1.29, 1.82) is 0 Å². The standard InChI is InChI=1S/C18H18N4O/c1-19-10-14-2-4-15(5-3-14)11-21-22-17-8-6-16(7-9-17)18-12-20-13-23-18/h2-9,11-13,19,22H,10H2,1H3/b21-11+. The van der Waals surface area contributed by atoms with Crippen molar-refractivity contribution in [2.75, 3.05) is 12.5 Å². The van der Waals surface area contributed by atoms with Gasteiger partial charge >= 0.3 is 0 Å². The Bertz CT molecular complexity index is 747. The third-order valence-corrected chi connectivity index (χ3v) is 3.37. The van der Waals surface area contributed by atoms with Crippen molar-refractivity contribution < 1.29 is 4.42 Å². The van der Waals surface area contributed by atoms with Gasteiger partial charge in [0.25, 0.3) is 0 Å². The molecule has 0 amide bonds. The number of hydrogen-bond donors (Lipinski definition) is 2. The van der Waals surface area contributed by atoms with Crippen molar-refractivity contribution in [3.8, 4) is 11.3 Å². The Labute approximate surface area is 135 Å². The fraction of sp³-hybridized carbons (Fsp3) is 0.111. The van der Waals surface area contributed by atoms with Crippen LogP contribution in [0.4, 0.5) is 5.69 Å². The SMILES string of the molecule is CNCc1ccc(/C=N/Nc2ccc(-c3cnco3)cc2)cc1. The molecule has 0 aliphatic heterocycles.